The van der Waals surface area contributed by atoms with Gasteiger partial charge in [-0.25, -0.2) is 0 Å². The number of esters is 1. The normalized spacial score (nSPS) is 34.6. The van der Waals surface area contributed by atoms with E-state index in [2.05, 4.69) is 46.8 Å². The predicted octanol–water partition coefficient (Wildman–Crippen LogP) is 3.56. The van der Waals surface area contributed by atoms with Gasteiger partial charge in [-0.2, -0.15) is 0 Å². The van der Waals surface area contributed by atoms with Crippen LogP contribution in [0.25, 0.3) is 0 Å². The number of aliphatic hydroxyl groups is 1. The second-order valence-corrected chi connectivity index (χ2v) is 14.5. The van der Waals surface area contributed by atoms with Crippen LogP contribution in [0.2, 0.25) is 0 Å². The molecule has 7 nitrogen and oxygen atoms in total. The van der Waals surface area contributed by atoms with Crippen molar-refractivity contribution in [1.82, 2.24) is 9.80 Å². The maximum atomic E-state index is 14.5. The molecule has 0 aliphatic carbocycles. The molecule has 4 aliphatic heterocycles. The standard InChI is InChI=1S/C28H42N2O5S/c1-25(2,3)18-26(4,5)30-15-11-13-28-19(20-24(34)35-17-10-7-12-27(20,6)36-28)22(32)29(14-8-9-16-31)21(28)23(30)33/h7,11-13,19-21,31H,8-10,14-18H2,1-6H3/t19-,20-,21?,27+,28-/m0/s1. The molecule has 200 valence electrons. The molecule has 0 saturated carbocycles. The highest BCUT2D eigenvalue weighted by Gasteiger charge is 2.74. The minimum Gasteiger partial charge on any atom is -0.465 e. The molecule has 1 unspecified atom stereocenters. The van der Waals surface area contributed by atoms with Crippen molar-refractivity contribution < 1.29 is 24.2 Å². The first kappa shape index (κ1) is 27.2. The van der Waals surface area contributed by atoms with E-state index in [1.54, 1.807) is 16.7 Å². The summed E-state index contributed by atoms with van der Waals surface area (Å²) in [6.45, 7) is 13.9. The van der Waals surface area contributed by atoms with Crippen LogP contribution in [0.1, 0.15) is 67.2 Å². The molecule has 2 saturated heterocycles. The lowest BCUT2D eigenvalue weighted by Crippen LogP contribution is -2.58. The van der Waals surface area contributed by atoms with Crippen molar-refractivity contribution in [3.63, 3.8) is 0 Å². The zero-order valence-corrected chi connectivity index (χ0v) is 23.4. The number of likely N-dealkylation sites (tertiary alicyclic amines) is 1. The van der Waals surface area contributed by atoms with Gasteiger partial charge < -0.3 is 19.6 Å². The Morgan fingerprint density at radius 2 is 1.78 bits per heavy atom. The molecular formula is C28H42N2O5S. The second-order valence-electron chi connectivity index (χ2n) is 12.7. The first-order valence-corrected chi connectivity index (χ1v) is 14.0. The van der Waals surface area contributed by atoms with Gasteiger partial charge in [0.2, 0.25) is 11.8 Å². The fraction of sp³-hybridized carbons (Fsp3) is 0.750. The largest absolute Gasteiger partial charge is 0.465 e. The van der Waals surface area contributed by atoms with Crippen molar-refractivity contribution in [3.8, 4) is 0 Å². The van der Waals surface area contributed by atoms with Crippen LogP contribution in [0.5, 0.6) is 0 Å². The minimum absolute atomic E-state index is 0.0158. The molecule has 1 spiro atoms. The van der Waals surface area contributed by atoms with E-state index in [1.807, 2.05) is 24.0 Å². The zero-order chi connectivity index (χ0) is 26.5. The van der Waals surface area contributed by atoms with Crippen LogP contribution in [-0.2, 0) is 19.1 Å². The summed E-state index contributed by atoms with van der Waals surface area (Å²) in [5.41, 5.74) is -0.404. The lowest BCUT2D eigenvalue weighted by molar-refractivity contribution is -0.154. The summed E-state index contributed by atoms with van der Waals surface area (Å²) >= 11 is 1.58. The molecule has 4 aliphatic rings. The number of ether oxygens (including phenoxy) is 1. The van der Waals surface area contributed by atoms with E-state index >= 15 is 0 Å². The van der Waals surface area contributed by atoms with Crippen molar-refractivity contribution >= 4 is 29.5 Å². The summed E-state index contributed by atoms with van der Waals surface area (Å²) in [6.07, 6.45) is 10.8. The van der Waals surface area contributed by atoms with Crippen molar-refractivity contribution in [2.45, 2.75) is 88.3 Å². The van der Waals surface area contributed by atoms with E-state index in [4.69, 9.17) is 4.74 Å². The lowest BCUT2D eigenvalue weighted by atomic mass is 9.74. The summed E-state index contributed by atoms with van der Waals surface area (Å²) in [5.74, 6) is -1.90. The monoisotopic (exact) mass is 518 g/mol. The van der Waals surface area contributed by atoms with Crippen molar-refractivity contribution in [1.29, 1.82) is 0 Å². The molecule has 0 aromatic carbocycles. The van der Waals surface area contributed by atoms with Crippen molar-refractivity contribution in [2.24, 2.45) is 17.3 Å². The third kappa shape index (κ3) is 4.53. The first-order valence-electron chi connectivity index (χ1n) is 13.2. The van der Waals surface area contributed by atoms with E-state index in [0.29, 0.717) is 39.0 Å². The highest BCUT2D eigenvalue weighted by Crippen LogP contribution is 2.65. The van der Waals surface area contributed by atoms with Gasteiger partial charge in [0.15, 0.2) is 0 Å². The third-order valence-electron chi connectivity index (χ3n) is 8.02. The van der Waals surface area contributed by atoms with Crippen molar-refractivity contribution in [3.05, 3.63) is 24.3 Å². The van der Waals surface area contributed by atoms with Gasteiger partial charge >= 0.3 is 5.97 Å². The SMILES string of the molecule is CC(C)(C)CC(C)(C)N1CC=C[C@]23S[C@]4(C)C=CCCOC(=O)[C@@H]4[C@H]2C(=O)N(CCCCO)C3C1=O. The van der Waals surface area contributed by atoms with Gasteiger partial charge in [-0.05, 0) is 51.9 Å². The fourth-order valence-corrected chi connectivity index (χ4v) is 9.21. The summed E-state index contributed by atoms with van der Waals surface area (Å²) < 4.78 is 4.09. The Labute approximate surface area is 219 Å². The Bertz CT molecular complexity index is 969. The maximum absolute atomic E-state index is 14.5. The molecule has 8 heteroatoms. The number of aliphatic hydroxyl groups excluding tert-OH is 1. The van der Waals surface area contributed by atoms with Gasteiger partial charge in [-0.15, -0.1) is 11.8 Å². The molecule has 0 bridgehead atoms. The average molecular weight is 519 g/mol. The minimum atomic E-state index is -0.854. The van der Waals surface area contributed by atoms with Gasteiger partial charge in [0.25, 0.3) is 0 Å². The summed E-state index contributed by atoms with van der Waals surface area (Å²) in [5, 5.41) is 9.37. The number of nitrogens with zero attached hydrogens (tertiary/aromatic N) is 2. The molecule has 4 heterocycles. The Kier molecular flexibility index (Phi) is 7.19. The number of amides is 2. The summed E-state index contributed by atoms with van der Waals surface area (Å²) in [6, 6.07) is -0.706. The smallest absolute Gasteiger partial charge is 0.311 e. The summed E-state index contributed by atoms with van der Waals surface area (Å²) in [7, 11) is 0. The Morgan fingerprint density at radius 1 is 1.06 bits per heavy atom. The molecule has 0 aromatic heterocycles. The van der Waals surface area contributed by atoms with Gasteiger partial charge in [0.1, 0.15) is 6.04 Å². The van der Waals surface area contributed by atoms with Crippen LogP contribution in [0.15, 0.2) is 24.3 Å². The average Bonchev–Trinajstić information content (AvgIpc) is 3.05. The Hall–Kier alpha value is -1.80. The number of rotatable bonds is 6. The highest BCUT2D eigenvalue weighted by atomic mass is 32.2. The zero-order valence-electron chi connectivity index (χ0n) is 22.6. The highest BCUT2D eigenvalue weighted by molar-refractivity contribution is 8.02. The molecule has 4 rings (SSSR count). The molecule has 2 amide bonds. The van der Waals surface area contributed by atoms with E-state index in [0.717, 1.165) is 6.42 Å². The van der Waals surface area contributed by atoms with E-state index in [-0.39, 0.29) is 29.8 Å². The fourth-order valence-electron chi connectivity index (χ4n) is 7.06. The van der Waals surface area contributed by atoms with Crippen LogP contribution in [0, 0.1) is 17.3 Å². The lowest BCUT2D eigenvalue weighted by Gasteiger charge is -2.44. The predicted molar refractivity (Wildman–Crippen MR) is 141 cm³/mol. The molecule has 0 radical (unpaired) electrons. The number of hydrogen-bond acceptors (Lipinski definition) is 6. The Balaban J connectivity index is 1.82. The van der Waals surface area contributed by atoms with Crippen LogP contribution in [0.3, 0.4) is 0 Å². The number of unbranched alkanes of at least 4 members (excludes halogenated alkanes) is 1. The molecule has 2 fully saturated rings. The van der Waals surface area contributed by atoms with Gasteiger partial charge in [-0.1, -0.05) is 45.1 Å². The molecular weight excluding hydrogens is 476 g/mol. The topological polar surface area (TPSA) is 87.2 Å². The Morgan fingerprint density at radius 3 is 2.44 bits per heavy atom. The van der Waals surface area contributed by atoms with Crippen molar-refractivity contribution in [2.75, 3.05) is 26.3 Å². The van der Waals surface area contributed by atoms with Gasteiger partial charge in [-0.3, -0.25) is 14.4 Å². The third-order valence-corrected chi connectivity index (χ3v) is 9.82. The number of thioether (sulfide) groups is 1. The molecule has 36 heavy (non-hydrogen) atoms. The van der Waals surface area contributed by atoms with Crippen LogP contribution >= 0.6 is 11.8 Å². The van der Waals surface area contributed by atoms with Crippen LogP contribution in [-0.4, -0.2) is 80.1 Å². The van der Waals surface area contributed by atoms with Gasteiger partial charge in [0.05, 0.1) is 23.2 Å². The molecule has 5 atom stereocenters. The molecule has 0 aromatic rings. The second kappa shape index (κ2) is 9.50. The number of hydrogen-bond donors (Lipinski definition) is 1. The first-order chi connectivity index (χ1) is 16.8. The number of fused-ring (bicyclic) bond motifs is 2. The van der Waals surface area contributed by atoms with Gasteiger partial charge in [0, 0.05) is 30.0 Å². The molecule has 1 N–H and O–H groups in total. The summed E-state index contributed by atoms with van der Waals surface area (Å²) in [4.78, 5) is 45.6. The number of carbonyl (C=O) groups is 3. The quantitative estimate of drug-likeness (QED) is 0.329. The van der Waals surface area contributed by atoms with E-state index in [9.17, 15) is 19.5 Å². The number of carbonyl (C=O) groups excluding carboxylic acids is 3. The maximum Gasteiger partial charge on any atom is 0.311 e. The van der Waals surface area contributed by atoms with E-state index < -0.39 is 32.9 Å². The van der Waals surface area contributed by atoms with E-state index in [1.165, 1.54) is 0 Å². The van der Waals surface area contributed by atoms with Crippen LogP contribution < -0.4 is 0 Å². The van der Waals surface area contributed by atoms with Crippen LogP contribution in [0.4, 0.5) is 0 Å². The number of cyclic esters (lactones) is 1.